The van der Waals surface area contributed by atoms with Crippen LogP contribution in [0.4, 0.5) is 8.78 Å². The Morgan fingerprint density at radius 2 is 1.85 bits per heavy atom. The van der Waals surface area contributed by atoms with E-state index in [1.807, 2.05) is 0 Å². The Morgan fingerprint density at radius 1 is 1.04 bits per heavy atom. The summed E-state index contributed by atoms with van der Waals surface area (Å²) in [5, 5.41) is 16.2. The lowest BCUT2D eigenvalue weighted by Gasteiger charge is -2.28. The Labute approximate surface area is 265 Å². The summed E-state index contributed by atoms with van der Waals surface area (Å²) < 4.78 is 29.6. The van der Waals surface area contributed by atoms with Gasteiger partial charge < -0.3 is 16.0 Å². The lowest BCUT2D eigenvalue weighted by atomic mass is 9.97. The zero-order chi connectivity index (χ0) is 31.9. The maximum Gasteiger partial charge on any atom is 0.269 e. The first kappa shape index (κ1) is 29.6. The van der Waals surface area contributed by atoms with E-state index in [1.165, 1.54) is 33.1 Å². The number of alkyl halides is 1. The zero-order valence-corrected chi connectivity index (χ0v) is 25.2. The molecule has 2 aromatic carbocycles. The highest BCUT2D eigenvalue weighted by Gasteiger charge is 2.41. The van der Waals surface area contributed by atoms with E-state index < -0.39 is 29.9 Å². The van der Waals surface area contributed by atoms with Crippen LogP contribution in [-0.2, 0) is 22.6 Å². The second kappa shape index (κ2) is 12.0. The Kier molecular flexibility index (Phi) is 7.72. The van der Waals surface area contributed by atoms with Gasteiger partial charge in [-0.15, -0.1) is 11.3 Å². The average molecular weight is 643 g/mol. The number of nitrogens with one attached hydrogen (secondary N) is 1. The van der Waals surface area contributed by atoms with Crippen molar-refractivity contribution < 1.29 is 23.2 Å². The molecule has 1 saturated heterocycles. The van der Waals surface area contributed by atoms with Gasteiger partial charge in [-0.05, 0) is 67.3 Å². The van der Waals surface area contributed by atoms with Crippen LogP contribution in [0.15, 0.2) is 60.9 Å². The third kappa shape index (κ3) is 5.60. The van der Waals surface area contributed by atoms with E-state index in [4.69, 9.17) is 10.7 Å². The Balaban J connectivity index is 1.10. The quantitative estimate of drug-likeness (QED) is 0.273. The predicted molar refractivity (Wildman–Crippen MR) is 166 cm³/mol. The molecule has 7 rings (SSSR count). The van der Waals surface area contributed by atoms with Crippen LogP contribution in [0.25, 0.3) is 32.6 Å². The van der Waals surface area contributed by atoms with Gasteiger partial charge in [0, 0.05) is 22.9 Å². The number of amides is 3. The molecule has 5 aromatic rings. The molecule has 234 valence electrons. The number of primary amides is 1. The summed E-state index contributed by atoms with van der Waals surface area (Å²) in [5.41, 5.74) is 9.29. The summed E-state index contributed by atoms with van der Waals surface area (Å²) in [6, 6.07) is 11.8. The summed E-state index contributed by atoms with van der Waals surface area (Å²) in [6.45, 7) is -0.553. The third-order valence-corrected chi connectivity index (χ3v) is 9.68. The van der Waals surface area contributed by atoms with Crippen molar-refractivity contribution in [3.8, 4) is 21.7 Å². The van der Waals surface area contributed by atoms with Crippen LogP contribution in [0.2, 0.25) is 0 Å². The number of thiazole rings is 1. The number of benzene rings is 2. The van der Waals surface area contributed by atoms with E-state index in [0.717, 1.165) is 45.1 Å². The van der Waals surface area contributed by atoms with E-state index >= 15 is 0 Å². The zero-order valence-electron chi connectivity index (χ0n) is 24.4. The molecular formula is C32H28F2N8O3S. The van der Waals surface area contributed by atoms with Crippen molar-refractivity contribution in [2.45, 2.75) is 50.5 Å². The van der Waals surface area contributed by atoms with Crippen LogP contribution in [0.5, 0.6) is 0 Å². The van der Waals surface area contributed by atoms with Crippen molar-refractivity contribution in [2.75, 3.05) is 6.54 Å². The highest BCUT2D eigenvalue weighted by Crippen LogP contribution is 2.38. The fourth-order valence-corrected chi connectivity index (χ4v) is 7.39. The van der Waals surface area contributed by atoms with Gasteiger partial charge in [0.05, 0.1) is 41.1 Å². The van der Waals surface area contributed by atoms with Gasteiger partial charge in [0.25, 0.3) is 5.91 Å². The number of nitrogens with zero attached hydrogens (tertiary/aromatic N) is 6. The lowest BCUT2D eigenvalue weighted by Crippen LogP contribution is -2.48. The molecule has 0 spiro atoms. The molecule has 1 fully saturated rings. The Hall–Kier alpha value is -5.11. The number of carbonyl (C=O) groups excluding carboxylic acids is 3. The standard InChI is InChI=1S/C32H28F2N8O3S/c33-20-7-4-17(5-8-20)32-39-24-3-1-2-23(29(24)46-32)38-31(45)26-13-21(34)15-41(26)27(43)16-42-25-9-6-18(19-10-11-36-37-14-19)12-22(25)28(40-42)30(35)44/h4-12,14,21,23,26H,1-3,13,15-16H2,(H2,35,44)(H,38,45). The summed E-state index contributed by atoms with van der Waals surface area (Å²) >= 11 is 1.44. The van der Waals surface area contributed by atoms with Gasteiger partial charge in [-0.3, -0.25) is 19.1 Å². The third-order valence-electron chi connectivity index (χ3n) is 8.42. The normalized spacial score (nSPS) is 19.3. The Morgan fingerprint density at radius 3 is 2.61 bits per heavy atom. The Bertz CT molecular complexity index is 1960. The summed E-state index contributed by atoms with van der Waals surface area (Å²) in [7, 11) is 0. The van der Waals surface area contributed by atoms with Gasteiger partial charge in [0.1, 0.15) is 29.6 Å². The van der Waals surface area contributed by atoms with Crippen LogP contribution >= 0.6 is 11.3 Å². The number of fused-ring (bicyclic) bond motifs is 2. The second-order valence-corrected chi connectivity index (χ2v) is 12.4. The van der Waals surface area contributed by atoms with Crippen LogP contribution in [0.3, 0.4) is 0 Å². The molecule has 0 bridgehead atoms. The van der Waals surface area contributed by atoms with Gasteiger partial charge in [0.15, 0.2) is 5.69 Å². The molecule has 3 N–H and O–H groups in total. The molecule has 14 heteroatoms. The molecule has 0 saturated carbocycles. The van der Waals surface area contributed by atoms with Crippen molar-refractivity contribution in [1.82, 2.24) is 35.2 Å². The number of carbonyl (C=O) groups is 3. The number of halogens is 2. The van der Waals surface area contributed by atoms with Gasteiger partial charge in [0.2, 0.25) is 11.8 Å². The predicted octanol–water partition coefficient (Wildman–Crippen LogP) is 3.99. The number of rotatable bonds is 7. The van der Waals surface area contributed by atoms with Crippen molar-refractivity contribution in [2.24, 2.45) is 5.73 Å². The summed E-state index contributed by atoms with van der Waals surface area (Å²) in [4.78, 5) is 46.4. The van der Waals surface area contributed by atoms with Crippen LogP contribution in [0, 0.1) is 5.82 Å². The SMILES string of the molecule is NC(=O)c1nn(CC(=O)N2CC(F)CC2C(=O)NC2CCCc3nc(-c4ccc(F)cc4)sc32)c2ccc(-c3ccnnc3)cc12. The largest absolute Gasteiger partial charge is 0.364 e. The van der Waals surface area contributed by atoms with Gasteiger partial charge in [-0.1, -0.05) is 6.07 Å². The number of hydrogen-bond acceptors (Lipinski definition) is 8. The molecule has 1 aliphatic heterocycles. The first-order valence-electron chi connectivity index (χ1n) is 14.8. The van der Waals surface area contributed by atoms with Crippen LogP contribution in [-0.4, -0.2) is 66.3 Å². The molecule has 3 unspecified atom stereocenters. The number of likely N-dealkylation sites (tertiary alicyclic amines) is 1. The molecule has 1 aliphatic carbocycles. The highest BCUT2D eigenvalue weighted by molar-refractivity contribution is 7.15. The molecule has 3 atom stereocenters. The van der Waals surface area contributed by atoms with Gasteiger partial charge >= 0.3 is 0 Å². The minimum atomic E-state index is -1.37. The molecule has 0 radical (unpaired) electrons. The maximum atomic E-state index is 14.8. The number of aromatic nitrogens is 5. The lowest BCUT2D eigenvalue weighted by molar-refractivity contribution is -0.139. The molecule has 3 amide bonds. The van der Waals surface area contributed by atoms with E-state index in [9.17, 15) is 23.2 Å². The fourth-order valence-electron chi connectivity index (χ4n) is 6.19. The number of aryl methyl sites for hydroxylation is 1. The van der Waals surface area contributed by atoms with Gasteiger partial charge in [-0.2, -0.15) is 15.3 Å². The molecular weight excluding hydrogens is 614 g/mol. The van der Waals surface area contributed by atoms with E-state index in [-0.39, 0.29) is 37.1 Å². The first-order chi connectivity index (χ1) is 22.2. The molecule has 3 aromatic heterocycles. The molecule has 46 heavy (non-hydrogen) atoms. The molecule has 2 aliphatic rings. The smallest absolute Gasteiger partial charge is 0.269 e. The average Bonchev–Trinajstić information content (AvgIpc) is 3.77. The highest BCUT2D eigenvalue weighted by atomic mass is 32.1. The van der Waals surface area contributed by atoms with Crippen LogP contribution < -0.4 is 11.1 Å². The summed E-state index contributed by atoms with van der Waals surface area (Å²) in [6.07, 6.45) is 3.86. The summed E-state index contributed by atoms with van der Waals surface area (Å²) in [5.74, 6) is -2.05. The fraction of sp³-hybridized carbons (Fsp3) is 0.281. The monoisotopic (exact) mass is 642 g/mol. The van der Waals surface area contributed by atoms with E-state index in [2.05, 4.69) is 20.6 Å². The van der Waals surface area contributed by atoms with Crippen molar-refractivity contribution in [3.63, 3.8) is 0 Å². The minimum Gasteiger partial charge on any atom is -0.364 e. The van der Waals surface area contributed by atoms with Crippen molar-refractivity contribution in [1.29, 1.82) is 0 Å². The minimum absolute atomic E-state index is 0.0107. The van der Waals surface area contributed by atoms with Crippen LogP contribution in [0.1, 0.15) is 46.4 Å². The molecule has 4 heterocycles. The molecule has 11 nitrogen and oxygen atoms in total. The number of hydrogen-bond donors (Lipinski definition) is 2. The van der Waals surface area contributed by atoms with Crippen molar-refractivity contribution >= 4 is 40.0 Å². The topological polar surface area (TPSA) is 149 Å². The maximum absolute atomic E-state index is 14.8. The van der Waals surface area contributed by atoms with E-state index in [0.29, 0.717) is 17.3 Å². The number of nitrogens with two attached hydrogens (primary N) is 1. The second-order valence-electron chi connectivity index (χ2n) is 11.4. The van der Waals surface area contributed by atoms with Gasteiger partial charge in [-0.25, -0.2) is 13.8 Å². The first-order valence-corrected chi connectivity index (χ1v) is 15.6. The van der Waals surface area contributed by atoms with Crippen molar-refractivity contribution in [3.05, 3.63) is 83.0 Å². The van der Waals surface area contributed by atoms with E-state index in [1.54, 1.807) is 48.8 Å².